The topological polar surface area (TPSA) is 41.6 Å². The number of hydrogen-bond acceptors (Lipinski definition) is 2. The summed E-state index contributed by atoms with van der Waals surface area (Å²) in [6.45, 7) is 0.414. The molecule has 0 atom stereocenters. The van der Waals surface area contributed by atoms with Crippen LogP contribution in [0.2, 0.25) is 0 Å². The van der Waals surface area contributed by atoms with Crippen molar-refractivity contribution >= 4 is 0 Å². The summed E-state index contributed by atoms with van der Waals surface area (Å²) >= 11 is 0. The first-order valence-electron chi connectivity index (χ1n) is 4.51. The molecule has 0 bridgehead atoms. The molecule has 0 aliphatic heterocycles. The molecule has 0 amide bonds. The summed E-state index contributed by atoms with van der Waals surface area (Å²) < 4.78 is 37.6. The van der Waals surface area contributed by atoms with Crippen molar-refractivity contribution in [2.45, 2.75) is 32.0 Å². The Morgan fingerprint density at radius 2 is 2.13 bits per heavy atom. The minimum absolute atomic E-state index is 0.414. The van der Waals surface area contributed by atoms with Crippen LogP contribution >= 0.6 is 0 Å². The zero-order valence-corrected chi connectivity index (χ0v) is 7.96. The van der Waals surface area contributed by atoms with Crippen LogP contribution in [-0.4, -0.2) is 9.78 Å². The lowest BCUT2D eigenvalue weighted by Gasteiger charge is -2.01. The molecule has 0 fully saturated rings. The van der Waals surface area contributed by atoms with E-state index in [9.17, 15) is 13.2 Å². The molecule has 1 aromatic rings. The third-order valence-corrected chi connectivity index (χ3v) is 1.86. The smallest absolute Gasteiger partial charge is 0.272 e. The SMILES string of the molecule is N#CCCCCn1ccc(C(F)(F)F)n1. The predicted molar refractivity (Wildman–Crippen MR) is 46.7 cm³/mol. The van der Waals surface area contributed by atoms with Crippen LogP contribution < -0.4 is 0 Å². The second-order valence-corrected chi connectivity index (χ2v) is 3.08. The van der Waals surface area contributed by atoms with Gasteiger partial charge in [0.1, 0.15) is 0 Å². The van der Waals surface area contributed by atoms with Gasteiger partial charge in [0.25, 0.3) is 0 Å². The van der Waals surface area contributed by atoms with E-state index in [0.717, 1.165) is 6.07 Å². The largest absolute Gasteiger partial charge is 0.435 e. The van der Waals surface area contributed by atoms with Crippen LogP contribution in [0.15, 0.2) is 12.3 Å². The Hall–Kier alpha value is -1.51. The molecule has 0 saturated heterocycles. The second kappa shape index (κ2) is 4.82. The Kier molecular flexibility index (Phi) is 3.72. The maximum absolute atomic E-state index is 12.1. The van der Waals surface area contributed by atoms with E-state index in [-0.39, 0.29) is 0 Å². The number of halogens is 3. The zero-order chi connectivity index (χ0) is 11.3. The number of hydrogen-bond donors (Lipinski definition) is 0. The summed E-state index contributed by atoms with van der Waals surface area (Å²) in [6, 6.07) is 2.92. The lowest BCUT2D eigenvalue weighted by molar-refractivity contribution is -0.141. The summed E-state index contributed by atoms with van der Waals surface area (Å²) in [5.41, 5.74) is -0.872. The lowest BCUT2D eigenvalue weighted by Crippen LogP contribution is -2.08. The molecular formula is C9H10F3N3. The third-order valence-electron chi connectivity index (χ3n) is 1.86. The summed E-state index contributed by atoms with van der Waals surface area (Å²) in [5.74, 6) is 0. The number of rotatable bonds is 4. The Balaban J connectivity index is 2.44. The van der Waals surface area contributed by atoms with Crippen LogP contribution in [0.5, 0.6) is 0 Å². The molecular weight excluding hydrogens is 207 g/mol. The number of nitriles is 1. The molecule has 1 aromatic heterocycles. The van der Waals surface area contributed by atoms with E-state index in [1.165, 1.54) is 10.9 Å². The van der Waals surface area contributed by atoms with Crippen LogP contribution in [-0.2, 0) is 12.7 Å². The van der Waals surface area contributed by atoms with Crippen molar-refractivity contribution < 1.29 is 13.2 Å². The van der Waals surface area contributed by atoms with Gasteiger partial charge < -0.3 is 0 Å². The number of unbranched alkanes of at least 4 members (excludes halogenated alkanes) is 2. The molecule has 0 saturated carbocycles. The molecule has 0 spiro atoms. The number of aromatic nitrogens is 2. The van der Waals surface area contributed by atoms with Crippen LogP contribution in [0.1, 0.15) is 25.0 Å². The molecule has 82 valence electrons. The highest BCUT2D eigenvalue weighted by molar-refractivity contribution is 5.03. The Labute approximate surface area is 85.1 Å². The van der Waals surface area contributed by atoms with Crippen LogP contribution in [0, 0.1) is 11.3 Å². The number of nitrogens with zero attached hydrogens (tertiary/aromatic N) is 3. The highest BCUT2D eigenvalue weighted by Gasteiger charge is 2.33. The molecule has 0 unspecified atom stereocenters. The average molecular weight is 217 g/mol. The van der Waals surface area contributed by atoms with E-state index >= 15 is 0 Å². The van der Waals surface area contributed by atoms with E-state index in [2.05, 4.69) is 5.10 Å². The van der Waals surface area contributed by atoms with Gasteiger partial charge in [0.15, 0.2) is 5.69 Å². The number of alkyl halides is 3. The van der Waals surface area contributed by atoms with Gasteiger partial charge in [-0.15, -0.1) is 0 Å². The molecule has 6 heteroatoms. The molecule has 1 rings (SSSR count). The zero-order valence-electron chi connectivity index (χ0n) is 7.96. The normalized spacial score (nSPS) is 11.3. The Morgan fingerprint density at radius 3 is 2.67 bits per heavy atom. The van der Waals surface area contributed by atoms with Crippen LogP contribution in [0.25, 0.3) is 0 Å². The summed E-state index contributed by atoms with van der Waals surface area (Å²) in [6.07, 6.45) is -1.31. The summed E-state index contributed by atoms with van der Waals surface area (Å²) in [4.78, 5) is 0. The molecule has 0 radical (unpaired) electrons. The van der Waals surface area contributed by atoms with Gasteiger partial charge in [-0.3, -0.25) is 4.68 Å². The highest BCUT2D eigenvalue weighted by atomic mass is 19.4. The fraction of sp³-hybridized carbons (Fsp3) is 0.556. The quantitative estimate of drug-likeness (QED) is 0.727. The first-order chi connectivity index (χ1) is 7.04. The van der Waals surface area contributed by atoms with Crippen molar-refractivity contribution in [3.05, 3.63) is 18.0 Å². The van der Waals surface area contributed by atoms with Gasteiger partial charge in [0, 0.05) is 19.2 Å². The van der Waals surface area contributed by atoms with E-state index in [4.69, 9.17) is 5.26 Å². The number of aryl methyl sites for hydroxylation is 1. The van der Waals surface area contributed by atoms with Gasteiger partial charge in [-0.2, -0.15) is 23.5 Å². The van der Waals surface area contributed by atoms with Crippen molar-refractivity contribution in [2.75, 3.05) is 0 Å². The van der Waals surface area contributed by atoms with E-state index in [0.29, 0.717) is 25.8 Å². The average Bonchev–Trinajstić information content (AvgIpc) is 2.60. The van der Waals surface area contributed by atoms with E-state index < -0.39 is 11.9 Å². The molecule has 0 aliphatic rings. The second-order valence-electron chi connectivity index (χ2n) is 3.08. The van der Waals surface area contributed by atoms with E-state index in [1.54, 1.807) is 0 Å². The Bertz CT molecular complexity index is 348. The van der Waals surface area contributed by atoms with Crippen molar-refractivity contribution in [1.29, 1.82) is 5.26 Å². The first kappa shape index (κ1) is 11.6. The molecule has 0 aromatic carbocycles. The monoisotopic (exact) mass is 217 g/mol. The molecule has 1 heterocycles. The minimum Gasteiger partial charge on any atom is -0.272 e. The predicted octanol–water partition coefficient (Wildman–Crippen LogP) is 2.60. The van der Waals surface area contributed by atoms with Crippen molar-refractivity contribution in [3.63, 3.8) is 0 Å². The van der Waals surface area contributed by atoms with Gasteiger partial charge in [-0.25, -0.2) is 0 Å². The minimum atomic E-state index is -4.38. The lowest BCUT2D eigenvalue weighted by atomic mass is 10.2. The Morgan fingerprint density at radius 1 is 1.40 bits per heavy atom. The fourth-order valence-corrected chi connectivity index (χ4v) is 1.12. The van der Waals surface area contributed by atoms with Gasteiger partial charge in [-0.05, 0) is 18.9 Å². The maximum atomic E-state index is 12.1. The standard InChI is InChI=1S/C9H10F3N3/c10-9(11,12)8-4-7-15(14-8)6-3-1-2-5-13/h4,7H,1-3,6H2. The van der Waals surface area contributed by atoms with Gasteiger partial charge in [0.05, 0.1) is 6.07 Å². The van der Waals surface area contributed by atoms with Crippen molar-refractivity contribution in [1.82, 2.24) is 9.78 Å². The highest BCUT2D eigenvalue weighted by Crippen LogP contribution is 2.27. The third kappa shape index (κ3) is 3.62. The first-order valence-corrected chi connectivity index (χ1v) is 4.51. The molecule has 0 N–H and O–H groups in total. The fourth-order valence-electron chi connectivity index (χ4n) is 1.12. The van der Waals surface area contributed by atoms with Crippen LogP contribution in [0.4, 0.5) is 13.2 Å². The molecule has 3 nitrogen and oxygen atoms in total. The van der Waals surface area contributed by atoms with Crippen molar-refractivity contribution in [2.24, 2.45) is 0 Å². The maximum Gasteiger partial charge on any atom is 0.435 e. The molecule has 15 heavy (non-hydrogen) atoms. The summed E-state index contributed by atoms with van der Waals surface area (Å²) in [5, 5.41) is 11.6. The summed E-state index contributed by atoms with van der Waals surface area (Å²) in [7, 11) is 0. The van der Waals surface area contributed by atoms with E-state index in [1.807, 2.05) is 6.07 Å². The van der Waals surface area contributed by atoms with Crippen LogP contribution in [0.3, 0.4) is 0 Å². The molecule has 0 aliphatic carbocycles. The van der Waals surface area contributed by atoms with Gasteiger partial charge in [0.2, 0.25) is 0 Å². The van der Waals surface area contributed by atoms with Crippen molar-refractivity contribution in [3.8, 4) is 6.07 Å². The van der Waals surface area contributed by atoms with Gasteiger partial charge >= 0.3 is 6.18 Å². The van der Waals surface area contributed by atoms with Gasteiger partial charge in [-0.1, -0.05) is 0 Å².